The van der Waals surface area contributed by atoms with E-state index in [1.165, 1.54) is 17.1 Å². The molecule has 4 aromatic rings. The zero-order valence-electron chi connectivity index (χ0n) is 14.1. The van der Waals surface area contributed by atoms with Crippen molar-refractivity contribution in [2.45, 2.75) is 6.54 Å². The zero-order chi connectivity index (χ0) is 17.9. The number of methoxy groups -OCH3 is 1. The van der Waals surface area contributed by atoms with Crippen LogP contribution in [0.15, 0.2) is 61.1 Å². The standard InChI is InChI=1S/C19H16FN5O/c1-26-17-9-5-2-6-13(17)10-21-18-14-11-24-25(19(14)23-12-22-18)16-8-4-3-7-15(16)20/h2-9,11-12H,10H2,1H3,(H,21,22,23). The molecule has 0 unspecified atom stereocenters. The fraction of sp³-hybridized carbons (Fsp3) is 0.105. The smallest absolute Gasteiger partial charge is 0.168 e. The fourth-order valence-corrected chi connectivity index (χ4v) is 2.81. The summed E-state index contributed by atoms with van der Waals surface area (Å²) in [5.41, 5.74) is 1.88. The summed E-state index contributed by atoms with van der Waals surface area (Å²) in [5, 5.41) is 8.28. The molecule has 0 atom stereocenters. The van der Waals surface area contributed by atoms with Gasteiger partial charge < -0.3 is 10.1 Å². The van der Waals surface area contributed by atoms with Gasteiger partial charge in [-0.05, 0) is 18.2 Å². The molecule has 2 heterocycles. The summed E-state index contributed by atoms with van der Waals surface area (Å²) in [6, 6.07) is 14.2. The van der Waals surface area contributed by atoms with E-state index in [0.717, 1.165) is 11.3 Å². The van der Waals surface area contributed by atoms with Crippen molar-refractivity contribution in [2.75, 3.05) is 12.4 Å². The van der Waals surface area contributed by atoms with Crippen molar-refractivity contribution in [3.05, 3.63) is 72.4 Å². The molecule has 0 radical (unpaired) electrons. The normalized spacial score (nSPS) is 10.8. The molecule has 7 heteroatoms. The molecule has 26 heavy (non-hydrogen) atoms. The van der Waals surface area contributed by atoms with E-state index in [4.69, 9.17) is 4.74 Å². The van der Waals surface area contributed by atoms with Crippen LogP contribution in [0.1, 0.15) is 5.56 Å². The molecule has 0 bridgehead atoms. The van der Waals surface area contributed by atoms with E-state index >= 15 is 0 Å². The third kappa shape index (κ3) is 2.83. The highest BCUT2D eigenvalue weighted by Crippen LogP contribution is 2.24. The minimum Gasteiger partial charge on any atom is -0.496 e. The van der Waals surface area contributed by atoms with Gasteiger partial charge in [0.1, 0.15) is 29.4 Å². The van der Waals surface area contributed by atoms with Crippen LogP contribution in [-0.4, -0.2) is 26.9 Å². The van der Waals surface area contributed by atoms with Gasteiger partial charge in [-0.2, -0.15) is 5.10 Å². The summed E-state index contributed by atoms with van der Waals surface area (Å²) in [6.07, 6.45) is 3.07. The Labute approximate surface area is 149 Å². The van der Waals surface area contributed by atoms with Crippen LogP contribution in [0.5, 0.6) is 5.75 Å². The maximum absolute atomic E-state index is 14.1. The van der Waals surface area contributed by atoms with Crippen LogP contribution in [0.4, 0.5) is 10.2 Å². The van der Waals surface area contributed by atoms with E-state index in [1.807, 2.05) is 24.3 Å². The number of hydrogen-bond acceptors (Lipinski definition) is 5. The molecule has 0 saturated carbocycles. The van der Waals surface area contributed by atoms with Gasteiger partial charge in [-0.3, -0.25) is 0 Å². The van der Waals surface area contributed by atoms with Crippen molar-refractivity contribution in [1.82, 2.24) is 19.7 Å². The van der Waals surface area contributed by atoms with E-state index in [9.17, 15) is 4.39 Å². The molecule has 4 rings (SSSR count). The predicted molar refractivity (Wildman–Crippen MR) is 96.9 cm³/mol. The summed E-state index contributed by atoms with van der Waals surface area (Å²) in [6.45, 7) is 0.529. The number of anilines is 1. The Bertz CT molecular complexity index is 1060. The molecule has 6 nitrogen and oxygen atoms in total. The Morgan fingerprint density at radius 1 is 1.08 bits per heavy atom. The van der Waals surface area contributed by atoms with E-state index in [2.05, 4.69) is 20.4 Å². The van der Waals surface area contributed by atoms with Gasteiger partial charge in [-0.25, -0.2) is 19.0 Å². The van der Waals surface area contributed by atoms with Gasteiger partial charge in [0.2, 0.25) is 0 Å². The quantitative estimate of drug-likeness (QED) is 0.597. The van der Waals surface area contributed by atoms with E-state index in [-0.39, 0.29) is 5.82 Å². The van der Waals surface area contributed by atoms with Crippen LogP contribution in [0, 0.1) is 5.82 Å². The number of hydrogen-bond donors (Lipinski definition) is 1. The molecule has 0 aliphatic carbocycles. The lowest BCUT2D eigenvalue weighted by Gasteiger charge is -2.10. The van der Waals surface area contributed by atoms with Crippen molar-refractivity contribution < 1.29 is 9.13 Å². The molecule has 2 aromatic heterocycles. The Balaban J connectivity index is 1.68. The zero-order valence-corrected chi connectivity index (χ0v) is 14.1. The number of fused-ring (bicyclic) bond motifs is 1. The van der Waals surface area contributed by atoms with Crippen LogP contribution in [0.25, 0.3) is 16.7 Å². The average Bonchev–Trinajstić information content (AvgIpc) is 3.11. The molecule has 0 saturated heterocycles. The molecule has 1 N–H and O–H groups in total. The number of benzene rings is 2. The van der Waals surface area contributed by atoms with Crippen molar-refractivity contribution in [3.8, 4) is 11.4 Å². The van der Waals surface area contributed by atoms with E-state index in [0.29, 0.717) is 29.1 Å². The predicted octanol–water partition coefficient (Wildman–Crippen LogP) is 3.58. The lowest BCUT2D eigenvalue weighted by Crippen LogP contribution is -2.05. The van der Waals surface area contributed by atoms with Crippen molar-refractivity contribution >= 4 is 16.9 Å². The summed E-state index contributed by atoms with van der Waals surface area (Å²) >= 11 is 0. The third-order valence-electron chi connectivity index (χ3n) is 4.09. The SMILES string of the molecule is COc1ccccc1CNc1ncnc2c1cnn2-c1ccccc1F. The first kappa shape index (κ1) is 16.0. The lowest BCUT2D eigenvalue weighted by molar-refractivity contribution is 0.410. The molecule has 0 aliphatic heterocycles. The Morgan fingerprint density at radius 3 is 2.73 bits per heavy atom. The second kappa shape index (κ2) is 6.79. The summed E-state index contributed by atoms with van der Waals surface area (Å²) in [4.78, 5) is 8.56. The van der Waals surface area contributed by atoms with Crippen LogP contribution in [-0.2, 0) is 6.54 Å². The highest BCUT2D eigenvalue weighted by Gasteiger charge is 2.13. The number of halogens is 1. The lowest BCUT2D eigenvalue weighted by atomic mass is 10.2. The van der Waals surface area contributed by atoms with Gasteiger partial charge in [0, 0.05) is 12.1 Å². The van der Waals surface area contributed by atoms with Crippen LogP contribution >= 0.6 is 0 Å². The molecule has 130 valence electrons. The van der Waals surface area contributed by atoms with Gasteiger partial charge in [-0.15, -0.1) is 0 Å². The molecular formula is C19H16FN5O. The first-order valence-corrected chi connectivity index (χ1v) is 8.07. The van der Waals surface area contributed by atoms with Crippen LogP contribution in [0.2, 0.25) is 0 Å². The largest absolute Gasteiger partial charge is 0.496 e. The number of para-hydroxylation sites is 2. The maximum Gasteiger partial charge on any atom is 0.168 e. The molecular weight excluding hydrogens is 333 g/mol. The Kier molecular flexibility index (Phi) is 4.18. The molecule has 0 amide bonds. The second-order valence-corrected chi connectivity index (χ2v) is 5.63. The maximum atomic E-state index is 14.1. The van der Waals surface area contributed by atoms with Crippen molar-refractivity contribution in [1.29, 1.82) is 0 Å². The molecule has 2 aromatic carbocycles. The first-order chi connectivity index (χ1) is 12.8. The van der Waals surface area contributed by atoms with Gasteiger partial charge in [0.05, 0.1) is 18.7 Å². The minimum atomic E-state index is -0.361. The minimum absolute atomic E-state index is 0.344. The fourth-order valence-electron chi connectivity index (χ4n) is 2.81. The van der Waals surface area contributed by atoms with Gasteiger partial charge in [0.15, 0.2) is 5.65 Å². The molecule has 0 spiro atoms. The highest BCUT2D eigenvalue weighted by molar-refractivity contribution is 5.87. The number of rotatable bonds is 5. The van der Waals surface area contributed by atoms with Crippen LogP contribution in [0.3, 0.4) is 0 Å². The second-order valence-electron chi connectivity index (χ2n) is 5.63. The van der Waals surface area contributed by atoms with Crippen molar-refractivity contribution in [3.63, 3.8) is 0 Å². The van der Waals surface area contributed by atoms with Gasteiger partial charge in [0.25, 0.3) is 0 Å². The summed E-state index contributed by atoms with van der Waals surface area (Å²) in [7, 11) is 1.64. The van der Waals surface area contributed by atoms with E-state index in [1.54, 1.807) is 31.5 Å². The highest BCUT2D eigenvalue weighted by atomic mass is 19.1. The van der Waals surface area contributed by atoms with Gasteiger partial charge >= 0.3 is 0 Å². The number of ether oxygens (including phenoxy) is 1. The van der Waals surface area contributed by atoms with Crippen LogP contribution < -0.4 is 10.1 Å². The molecule has 0 aliphatic rings. The summed E-state index contributed by atoms with van der Waals surface area (Å²) in [5.74, 6) is 1.07. The Morgan fingerprint density at radius 2 is 1.88 bits per heavy atom. The average molecular weight is 349 g/mol. The first-order valence-electron chi connectivity index (χ1n) is 8.07. The number of aromatic nitrogens is 4. The molecule has 0 fully saturated rings. The Hall–Kier alpha value is -3.48. The van der Waals surface area contributed by atoms with Crippen molar-refractivity contribution in [2.24, 2.45) is 0 Å². The number of nitrogens with zero attached hydrogens (tertiary/aromatic N) is 4. The number of nitrogens with one attached hydrogen (secondary N) is 1. The van der Waals surface area contributed by atoms with Gasteiger partial charge in [-0.1, -0.05) is 30.3 Å². The summed E-state index contributed by atoms with van der Waals surface area (Å²) < 4.78 is 20.9. The topological polar surface area (TPSA) is 64.9 Å². The monoisotopic (exact) mass is 349 g/mol. The third-order valence-corrected chi connectivity index (χ3v) is 4.09. The van der Waals surface area contributed by atoms with E-state index < -0.39 is 0 Å².